The van der Waals surface area contributed by atoms with E-state index in [-0.39, 0.29) is 19.1 Å². The van der Waals surface area contributed by atoms with Crippen molar-refractivity contribution in [2.24, 2.45) is 0 Å². The summed E-state index contributed by atoms with van der Waals surface area (Å²) in [4.78, 5) is 22.7. The number of nitrogens with one attached hydrogen (secondary N) is 1. The predicted octanol–water partition coefficient (Wildman–Crippen LogP) is 2.04. The van der Waals surface area contributed by atoms with Crippen molar-refractivity contribution in [1.29, 1.82) is 0 Å². The maximum absolute atomic E-state index is 11.5. The molecule has 0 fully saturated rings. The number of carbonyl (C=O) groups excluding carboxylic acids is 1. The van der Waals surface area contributed by atoms with E-state index >= 15 is 0 Å². The molecule has 20 heavy (non-hydrogen) atoms. The normalized spacial score (nSPS) is 10.2. The summed E-state index contributed by atoms with van der Waals surface area (Å²) in [6.45, 7) is 0.169. The number of carbonyl (C=O) groups is 2. The Hall–Kier alpha value is -1.24. The average Bonchev–Trinajstić information content (AvgIpc) is 2.40. The summed E-state index contributed by atoms with van der Waals surface area (Å²) >= 11 is 7.35. The van der Waals surface area contributed by atoms with Crippen LogP contribution in [0.25, 0.3) is 0 Å². The van der Waals surface area contributed by atoms with Gasteiger partial charge in [0, 0.05) is 28.6 Å². The number of hydrogen-bond donors (Lipinski definition) is 2. The molecule has 0 saturated heterocycles. The van der Waals surface area contributed by atoms with E-state index in [4.69, 9.17) is 21.4 Å². The molecule has 0 aliphatic rings. The van der Waals surface area contributed by atoms with Gasteiger partial charge < -0.3 is 15.2 Å². The molecule has 0 aliphatic heterocycles. The third kappa shape index (κ3) is 8.04. The number of hydrogen-bond acceptors (Lipinski definition) is 4. The number of thioether (sulfide) groups is 1. The predicted molar refractivity (Wildman–Crippen MR) is 78.3 cm³/mol. The molecule has 0 heterocycles. The molecule has 1 amide bonds. The number of halogens is 1. The lowest BCUT2D eigenvalue weighted by Crippen LogP contribution is -2.28. The van der Waals surface area contributed by atoms with Crippen molar-refractivity contribution in [3.63, 3.8) is 0 Å². The number of carboxylic acids is 1. The first-order chi connectivity index (χ1) is 9.58. The van der Waals surface area contributed by atoms with Gasteiger partial charge in [0.1, 0.15) is 6.61 Å². The Kier molecular flexibility index (Phi) is 8.10. The second-order valence-corrected chi connectivity index (χ2v) is 5.45. The molecule has 2 N–H and O–H groups in total. The van der Waals surface area contributed by atoms with Crippen LogP contribution in [-0.2, 0) is 14.3 Å². The Morgan fingerprint density at radius 1 is 1.30 bits per heavy atom. The van der Waals surface area contributed by atoms with Gasteiger partial charge in [0.15, 0.2) is 0 Å². The second-order valence-electron chi connectivity index (χ2n) is 3.85. The van der Waals surface area contributed by atoms with Gasteiger partial charge in [-0.3, -0.25) is 4.79 Å². The molecule has 0 aliphatic carbocycles. The molecule has 1 rings (SSSR count). The molecule has 0 saturated carbocycles. The standard InChI is InChI=1S/C13H16ClNO4S/c14-10-1-3-11(4-2-10)20-8-5-12(16)15-6-7-19-9-13(17)18/h1-4H,5-9H2,(H,15,16)(H,17,18). The number of rotatable bonds is 9. The summed E-state index contributed by atoms with van der Waals surface area (Å²) < 4.78 is 4.80. The molecule has 0 aromatic heterocycles. The van der Waals surface area contributed by atoms with Gasteiger partial charge in [-0.15, -0.1) is 11.8 Å². The second kappa shape index (κ2) is 9.63. The van der Waals surface area contributed by atoms with Crippen LogP contribution in [0.3, 0.4) is 0 Å². The Morgan fingerprint density at radius 2 is 2.00 bits per heavy atom. The van der Waals surface area contributed by atoms with Crippen molar-refractivity contribution in [1.82, 2.24) is 5.32 Å². The fraction of sp³-hybridized carbons (Fsp3) is 0.385. The fourth-order valence-electron chi connectivity index (χ4n) is 1.30. The lowest BCUT2D eigenvalue weighted by molar-refractivity contribution is -0.142. The first kappa shape index (κ1) is 16.8. The van der Waals surface area contributed by atoms with E-state index in [1.807, 2.05) is 24.3 Å². The van der Waals surface area contributed by atoms with E-state index in [2.05, 4.69) is 5.32 Å². The monoisotopic (exact) mass is 317 g/mol. The van der Waals surface area contributed by atoms with Crippen molar-refractivity contribution < 1.29 is 19.4 Å². The van der Waals surface area contributed by atoms with Gasteiger partial charge in [0.25, 0.3) is 0 Å². The van der Waals surface area contributed by atoms with E-state index < -0.39 is 5.97 Å². The van der Waals surface area contributed by atoms with Crippen LogP contribution in [0.2, 0.25) is 5.02 Å². The zero-order valence-electron chi connectivity index (χ0n) is 10.8. The number of amides is 1. The highest BCUT2D eigenvalue weighted by Crippen LogP contribution is 2.20. The van der Waals surface area contributed by atoms with Crippen molar-refractivity contribution in [3.8, 4) is 0 Å². The van der Waals surface area contributed by atoms with Gasteiger partial charge in [-0.25, -0.2) is 4.79 Å². The van der Waals surface area contributed by atoms with Crippen LogP contribution in [0.5, 0.6) is 0 Å². The molecular formula is C13H16ClNO4S. The van der Waals surface area contributed by atoms with E-state index in [0.717, 1.165) is 4.90 Å². The molecule has 1 aromatic rings. The summed E-state index contributed by atoms with van der Waals surface area (Å²) in [5.74, 6) is -0.426. The average molecular weight is 318 g/mol. The summed E-state index contributed by atoms with van der Waals surface area (Å²) in [7, 11) is 0. The van der Waals surface area contributed by atoms with Gasteiger partial charge in [-0.2, -0.15) is 0 Å². The Balaban J connectivity index is 2.05. The number of carboxylic acid groups (broad SMARTS) is 1. The summed E-state index contributed by atoms with van der Waals surface area (Å²) in [6, 6.07) is 7.43. The van der Waals surface area contributed by atoms with Crippen LogP contribution >= 0.6 is 23.4 Å². The molecular weight excluding hydrogens is 302 g/mol. The van der Waals surface area contributed by atoms with Gasteiger partial charge in [0.2, 0.25) is 5.91 Å². The van der Waals surface area contributed by atoms with Crippen molar-refractivity contribution >= 4 is 35.2 Å². The largest absolute Gasteiger partial charge is 0.480 e. The van der Waals surface area contributed by atoms with Crippen LogP contribution in [-0.4, -0.2) is 42.5 Å². The zero-order valence-corrected chi connectivity index (χ0v) is 12.4. The van der Waals surface area contributed by atoms with Crippen molar-refractivity contribution in [2.75, 3.05) is 25.5 Å². The Bertz CT molecular complexity index is 439. The first-order valence-electron chi connectivity index (χ1n) is 6.02. The topological polar surface area (TPSA) is 75.6 Å². The molecule has 0 bridgehead atoms. The Morgan fingerprint density at radius 3 is 2.65 bits per heavy atom. The highest BCUT2D eigenvalue weighted by Gasteiger charge is 2.02. The molecule has 0 unspecified atom stereocenters. The lowest BCUT2D eigenvalue weighted by Gasteiger charge is -2.05. The summed E-state index contributed by atoms with van der Waals surface area (Å²) in [5, 5.41) is 11.7. The molecule has 0 atom stereocenters. The lowest BCUT2D eigenvalue weighted by atomic mass is 10.4. The highest BCUT2D eigenvalue weighted by molar-refractivity contribution is 7.99. The highest BCUT2D eigenvalue weighted by atomic mass is 35.5. The first-order valence-corrected chi connectivity index (χ1v) is 7.39. The van der Waals surface area contributed by atoms with Crippen LogP contribution in [0.1, 0.15) is 6.42 Å². The van der Waals surface area contributed by atoms with Gasteiger partial charge in [-0.05, 0) is 24.3 Å². The smallest absolute Gasteiger partial charge is 0.329 e. The van der Waals surface area contributed by atoms with Crippen LogP contribution in [0.4, 0.5) is 0 Å². The third-order valence-corrected chi connectivity index (χ3v) is 3.47. The van der Waals surface area contributed by atoms with Crippen molar-refractivity contribution in [3.05, 3.63) is 29.3 Å². The molecule has 5 nitrogen and oxygen atoms in total. The fourth-order valence-corrected chi connectivity index (χ4v) is 2.28. The van der Waals surface area contributed by atoms with Crippen molar-refractivity contribution in [2.45, 2.75) is 11.3 Å². The quantitative estimate of drug-likeness (QED) is 0.538. The number of aliphatic carboxylic acids is 1. The minimum Gasteiger partial charge on any atom is -0.480 e. The Labute approximate surface area is 126 Å². The minimum atomic E-state index is -1.02. The van der Waals surface area contributed by atoms with E-state index in [9.17, 15) is 9.59 Å². The van der Waals surface area contributed by atoms with Gasteiger partial charge in [-0.1, -0.05) is 11.6 Å². The van der Waals surface area contributed by atoms with Crippen LogP contribution in [0, 0.1) is 0 Å². The van der Waals surface area contributed by atoms with E-state index in [0.29, 0.717) is 23.7 Å². The van der Waals surface area contributed by atoms with Crippen LogP contribution in [0.15, 0.2) is 29.2 Å². The van der Waals surface area contributed by atoms with Gasteiger partial charge in [0.05, 0.1) is 6.61 Å². The third-order valence-electron chi connectivity index (χ3n) is 2.21. The van der Waals surface area contributed by atoms with Crippen LogP contribution < -0.4 is 5.32 Å². The number of ether oxygens (including phenoxy) is 1. The summed E-state index contributed by atoms with van der Waals surface area (Å²) in [6.07, 6.45) is 0.395. The summed E-state index contributed by atoms with van der Waals surface area (Å²) in [5.41, 5.74) is 0. The minimum absolute atomic E-state index is 0.0783. The maximum atomic E-state index is 11.5. The SMILES string of the molecule is O=C(O)COCCNC(=O)CCSc1ccc(Cl)cc1. The number of benzene rings is 1. The molecule has 0 radical (unpaired) electrons. The molecule has 0 spiro atoms. The zero-order chi connectivity index (χ0) is 14.8. The molecule has 110 valence electrons. The molecule has 1 aromatic carbocycles. The van der Waals surface area contributed by atoms with E-state index in [1.54, 1.807) is 11.8 Å². The maximum Gasteiger partial charge on any atom is 0.329 e. The van der Waals surface area contributed by atoms with E-state index in [1.165, 1.54) is 0 Å². The molecule has 7 heteroatoms. The van der Waals surface area contributed by atoms with Gasteiger partial charge >= 0.3 is 5.97 Å².